The predicted octanol–water partition coefficient (Wildman–Crippen LogP) is 2.63. The number of aryl methyl sites for hydroxylation is 1. The third-order valence-corrected chi connectivity index (χ3v) is 3.32. The van der Waals surface area contributed by atoms with Crippen LogP contribution in [-0.4, -0.2) is 11.1 Å². The van der Waals surface area contributed by atoms with E-state index in [0.29, 0.717) is 12.2 Å². The summed E-state index contributed by atoms with van der Waals surface area (Å²) in [6.07, 6.45) is 0. The zero-order chi connectivity index (χ0) is 11.5. The monoisotopic (exact) mass is 256 g/mol. The zero-order valence-corrected chi connectivity index (χ0v) is 10.1. The highest BCUT2D eigenvalue weighted by molar-refractivity contribution is 7.09. The molecule has 0 unspecified atom stereocenters. The average Bonchev–Trinajstić information content (AvgIpc) is 2.88. The number of nitrogens with zero attached hydrogens (tertiary/aromatic N) is 1. The Kier molecular flexibility index (Phi) is 3.26. The minimum absolute atomic E-state index is 0.0655. The molecule has 0 aromatic carbocycles. The Balaban J connectivity index is 2.01. The molecule has 0 atom stereocenters. The molecule has 4 nitrogen and oxygen atoms in total. The van der Waals surface area contributed by atoms with Gasteiger partial charge in [-0.2, -0.15) is 0 Å². The van der Waals surface area contributed by atoms with Gasteiger partial charge in [0, 0.05) is 4.88 Å². The van der Waals surface area contributed by atoms with Crippen LogP contribution in [0.3, 0.4) is 0 Å². The number of amides is 1. The fourth-order valence-electron chi connectivity index (χ4n) is 1.16. The van der Waals surface area contributed by atoms with Crippen molar-refractivity contribution in [3.8, 4) is 0 Å². The lowest BCUT2D eigenvalue weighted by atomic mass is 10.3. The number of hydrogen-bond donors (Lipinski definition) is 1. The maximum absolute atomic E-state index is 11.6. The van der Waals surface area contributed by atoms with E-state index in [1.807, 2.05) is 17.5 Å². The third-order valence-electron chi connectivity index (χ3n) is 2.00. The number of carbonyl (C=O) groups is 1. The lowest BCUT2D eigenvalue weighted by Gasteiger charge is -1.99. The van der Waals surface area contributed by atoms with Gasteiger partial charge in [-0.3, -0.25) is 4.79 Å². The minimum atomic E-state index is -0.348. The van der Waals surface area contributed by atoms with E-state index < -0.39 is 0 Å². The summed E-state index contributed by atoms with van der Waals surface area (Å²) >= 11 is 7.43. The second-order valence-corrected chi connectivity index (χ2v) is 4.58. The highest BCUT2D eigenvalue weighted by atomic mass is 35.5. The Labute approximate surface area is 101 Å². The van der Waals surface area contributed by atoms with Gasteiger partial charge in [0.1, 0.15) is 5.02 Å². The molecule has 0 aliphatic rings. The quantitative estimate of drug-likeness (QED) is 0.919. The van der Waals surface area contributed by atoms with E-state index in [-0.39, 0.29) is 16.7 Å². The molecule has 1 N–H and O–H groups in total. The number of hydrogen-bond acceptors (Lipinski definition) is 4. The number of rotatable bonds is 3. The van der Waals surface area contributed by atoms with Crippen LogP contribution in [0.5, 0.6) is 0 Å². The zero-order valence-electron chi connectivity index (χ0n) is 8.49. The summed E-state index contributed by atoms with van der Waals surface area (Å²) in [7, 11) is 0. The van der Waals surface area contributed by atoms with Crippen LogP contribution in [0.25, 0.3) is 0 Å². The van der Waals surface area contributed by atoms with Crippen molar-refractivity contribution in [3.63, 3.8) is 0 Å². The summed E-state index contributed by atoms with van der Waals surface area (Å²) in [5.41, 5.74) is 0.517. The highest BCUT2D eigenvalue weighted by Crippen LogP contribution is 2.19. The molecular formula is C10H9ClN2O2S. The molecule has 16 heavy (non-hydrogen) atoms. The number of thiophene rings is 1. The molecular weight excluding hydrogens is 248 g/mol. The van der Waals surface area contributed by atoms with Crippen molar-refractivity contribution >= 4 is 28.8 Å². The number of aromatic nitrogens is 1. The molecule has 0 saturated carbocycles. The van der Waals surface area contributed by atoms with Gasteiger partial charge >= 0.3 is 0 Å². The maximum Gasteiger partial charge on any atom is 0.291 e. The van der Waals surface area contributed by atoms with Crippen LogP contribution >= 0.6 is 22.9 Å². The molecule has 0 radical (unpaired) electrons. The SMILES string of the molecule is Cc1noc(C(=O)NCc2cccs2)c1Cl. The second-order valence-electron chi connectivity index (χ2n) is 3.17. The smallest absolute Gasteiger partial charge is 0.291 e. The van der Waals surface area contributed by atoms with Gasteiger partial charge < -0.3 is 9.84 Å². The van der Waals surface area contributed by atoms with E-state index in [4.69, 9.17) is 16.1 Å². The summed E-state index contributed by atoms with van der Waals surface area (Å²) in [5.74, 6) is -0.283. The van der Waals surface area contributed by atoms with Gasteiger partial charge in [-0.25, -0.2) is 0 Å². The second kappa shape index (κ2) is 4.67. The van der Waals surface area contributed by atoms with Gasteiger partial charge in [-0.15, -0.1) is 11.3 Å². The van der Waals surface area contributed by atoms with E-state index in [9.17, 15) is 4.79 Å². The molecule has 0 spiro atoms. The molecule has 0 aliphatic carbocycles. The molecule has 84 valence electrons. The Morgan fingerprint density at radius 3 is 3.06 bits per heavy atom. The first kappa shape index (κ1) is 11.2. The van der Waals surface area contributed by atoms with Crippen molar-refractivity contribution in [1.82, 2.24) is 10.5 Å². The van der Waals surface area contributed by atoms with E-state index in [0.717, 1.165) is 4.88 Å². The molecule has 1 amide bonds. The van der Waals surface area contributed by atoms with Crippen LogP contribution in [0.4, 0.5) is 0 Å². The lowest BCUT2D eigenvalue weighted by Crippen LogP contribution is -2.22. The molecule has 2 heterocycles. The molecule has 0 bridgehead atoms. The Bertz CT molecular complexity index is 493. The van der Waals surface area contributed by atoms with E-state index in [1.54, 1.807) is 18.3 Å². The first-order chi connectivity index (χ1) is 7.68. The molecule has 2 rings (SSSR count). The first-order valence-corrected chi connectivity index (χ1v) is 5.86. The van der Waals surface area contributed by atoms with E-state index in [2.05, 4.69) is 10.5 Å². The number of nitrogens with one attached hydrogen (secondary N) is 1. The lowest BCUT2D eigenvalue weighted by molar-refractivity contribution is 0.0914. The van der Waals surface area contributed by atoms with Crippen molar-refractivity contribution in [2.45, 2.75) is 13.5 Å². The topological polar surface area (TPSA) is 55.1 Å². The summed E-state index contributed by atoms with van der Waals surface area (Å²) in [6, 6.07) is 3.87. The standard InChI is InChI=1S/C10H9ClN2O2S/c1-6-8(11)9(15-13-6)10(14)12-5-7-3-2-4-16-7/h2-4H,5H2,1H3,(H,12,14). The van der Waals surface area contributed by atoms with Crippen LogP contribution < -0.4 is 5.32 Å². The van der Waals surface area contributed by atoms with Crippen LogP contribution in [0.2, 0.25) is 5.02 Å². The van der Waals surface area contributed by atoms with Crippen molar-refractivity contribution < 1.29 is 9.32 Å². The molecule has 2 aromatic heterocycles. The Morgan fingerprint density at radius 2 is 2.50 bits per heavy atom. The van der Waals surface area contributed by atoms with Crippen LogP contribution in [0.15, 0.2) is 22.0 Å². The highest BCUT2D eigenvalue weighted by Gasteiger charge is 2.18. The van der Waals surface area contributed by atoms with Crippen LogP contribution in [0, 0.1) is 6.92 Å². The van der Waals surface area contributed by atoms with E-state index >= 15 is 0 Å². The fourth-order valence-corrected chi connectivity index (χ4v) is 1.96. The van der Waals surface area contributed by atoms with Gasteiger partial charge in [0.2, 0.25) is 5.76 Å². The average molecular weight is 257 g/mol. The summed E-state index contributed by atoms with van der Waals surface area (Å²) in [5, 5.41) is 8.54. The summed E-state index contributed by atoms with van der Waals surface area (Å²) < 4.78 is 4.84. The largest absolute Gasteiger partial charge is 0.349 e. The van der Waals surface area contributed by atoms with Crippen molar-refractivity contribution in [3.05, 3.63) is 38.9 Å². The van der Waals surface area contributed by atoms with Gasteiger partial charge in [-0.1, -0.05) is 22.8 Å². The van der Waals surface area contributed by atoms with E-state index in [1.165, 1.54) is 0 Å². The van der Waals surface area contributed by atoms with Gasteiger partial charge in [-0.05, 0) is 18.4 Å². The van der Waals surface area contributed by atoms with Gasteiger partial charge in [0.05, 0.1) is 12.2 Å². The number of halogens is 1. The molecule has 2 aromatic rings. The van der Waals surface area contributed by atoms with Crippen molar-refractivity contribution in [2.24, 2.45) is 0 Å². The van der Waals surface area contributed by atoms with Crippen LogP contribution in [-0.2, 0) is 6.54 Å². The molecule has 6 heteroatoms. The number of carbonyl (C=O) groups excluding carboxylic acids is 1. The van der Waals surface area contributed by atoms with Crippen molar-refractivity contribution in [1.29, 1.82) is 0 Å². The maximum atomic E-state index is 11.6. The van der Waals surface area contributed by atoms with Crippen molar-refractivity contribution in [2.75, 3.05) is 0 Å². The Morgan fingerprint density at radius 1 is 1.69 bits per heavy atom. The Hall–Kier alpha value is -1.33. The molecule has 0 aliphatic heterocycles. The molecule has 0 fully saturated rings. The van der Waals surface area contributed by atoms with Gasteiger partial charge in [0.15, 0.2) is 0 Å². The fraction of sp³-hybridized carbons (Fsp3) is 0.200. The summed E-state index contributed by atoms with van der Waals surface area (Å²) in [4.78, 5) is 12.7. The molecule has 0 saturated heterocycles. The van der Waals surface area contributed by atoms with Crippen LogP contribution in [0.1, 0.15) is 21.1 Å². The predicted molar refractivity (Wildman–Crippen MR) is 61.7 cm³/mol. The van der Waals surface area contributed by atoms with Gasteiger partial charge in [0.25, 0.3) is 5.91 Å². The minimum Gasteiger partial charge on any atom is -0.349 e. The third kappa shape index (κ3) is 2.25. The normalized spacial score (nSPS) is 10.4. The first-order valence-electron chi connectivity index (χ1n) is 4.61. The summed E-state index contributed by atoms with van der Waals surface area (Å²) in [6.45, 7) is 2.15.